The van der Waals surface area contributed by atoms with E-state index in [0.717, 1.165) is 20.3 Å². The number of benzene rings is 4. The number of halogens is 2. The Kier molecular flexibility index (Phi) is 8.10. The molecule has 190 valence electrons. The Morgan fingerprint density at radius 1 is 0.895 bits per heavy atom. The van der Waals surface area contributed by atoms with Gasteiger partial charge >= 0.3 is 5.97 Å². The second kappa shape index (κ2) is 11.8. The molecule has 0 radical (unpaired) electrons. The van der Waals surface area contributed by atoms with Gasteiger partial charge in [-0.2, -0.15) is 0 Å². The number of aliphatic imine (C=N–C) groups is 1. The summed E-state index contributed by atoms with van der Waals surface area (Å²) < 4.78 is 18.4. The van der Waals surface area contributed by atoms with Gasteiger partial charge in [-0.3, -0.25) is 0 Å². The molecule has 38 heavy (non-hydrogen) atoms. The van der Waals surface area contributed by atoms with Gasteiger partial charge in [0.2, 0.25) is 5.90 Å². The van der Waals surface area contributed by atoms with Crippen LogP contribution in [0.25, 0.3) is 17.2 Å². The van der Waals surface area contributed by atoms with E-state index in [1.54, 1.807) is 18.2 Å². The minimum Gasteiger partial charge on any atom is -0.490 e. The summed E-state index contributed by atoms with van der Waals surface area (Å²) in [6, 6.07) is 29.3. The Morgan fingerprint density at radius 2 is 1.58 bits per heavy atom. The molecular weight excluding hydrogens is 613 g/mol. The molecule has 0 bridgehead atoms. The summed E-state index contributed by atoms with van der Waals surface area (Å²) in [7, 11) is 0. The van der Waals surface area contributed by atoms with Crippen molar-refractivity contribution in [1.82, 2.24) is 0 Å². The van der Waals surface area contributed by atoms with Crippen molar-refractivity contribution in [2.24, 2.45) is 4.99 Å². The second-order valence-electron chi connectivity index (χ2n) is 8.42. The number of cyclic esters (lactones) is 1. The minimum absolute atomic E-state index is 0.179. The average molecular weight is 636 g/mol. The molecule has 1 heterocycles. The maximum absolute atomic E-state index is 12.6. The third kappa shape index (κ3) is 5.92. The summed E-state index contributed by atoms with van der Waals surface area (Å²) in [5.41, 5.74) is 4.77. The first-order valence-electron chi connectivity index (χ1n) is 12.0. The van der Waals surface area contributed by atoms with Gasteiger partial charge in [-0.15, -0.1) is 0 Å². The van der Waals surface area contributed by atoms with E-state index in [0.29, 0.717) is 40.9 Å². The number of hydrogen-bond donors (Lipinski definition) is 0. The fourth-order valence-corrected chi connectivity index (χ4v) is 4.78. The summed E-state index contributed by atoms with van der Waals surface area (Å²) in [6.07, 6.45) is 1.63. The molecule has 1 aliphatic rings. The van der Waals surface area contributed by atoms with Gasteiger partial charge in [-0.1, -0.05) is 72.3 Å². The van der Waals surface area contributed by atoms with Gasteiger partial charge in [0.25, 0.3) is 0 Å². The zero-order chi connectivity index (χ0) is 26.5. The molecule has 0 N–H and O–H groups in total. The van der Waals surface area contributed by atoms with Crippen LogP contribution in [-0.4, -0.2) is 18.5 Å². The number of carbonyl (C=O) groups is 1. The topological polar surface area (TPSA) is 57.1 Å². The van der Waals surface area contributed by atoms with Crippen LogP contribution in [0.4, 0.5) is 0 Å². The first kappa shape index (κ1) is 26.0. The Bertz CT molecular complexity index is 1530. The third-order valence-corrected chi connectivity index (χ3v) is 7.16. The molecule has 0 aliphatic carbocycles. The number of carbonyl (C=O) groups excluding carboxylic acids is 1. The van der Waals surface area contributed by atoms with Gasteiger partial charge in [-0.25, -0.2) is 9.79 Å². The molecule has 0 saturated carbocycles. The summed E-state index contributed by atoms with van der Waals surface area (Å²) in [6.45, 7) is 2.66. The maximum Gasteiger partial charge on any atom is 0.363 e. The van der Waals surface area contributed by atoms with Crippen LogP contribution in [-0.2, 0) is 16.1 Å². The van der Waals surface area contributed by atoms with Gasteiger partial charge in [0.05, 0.1) is 11.6 Å². The van der Waals surface area contributed by atoms with E-state index in [9.17, 15) is 4.79 Å². The Labute approximate surface area is 239 Å². The van der Waals surface area contributed by atoms with Gasteiger partial charge < -0.3 is 14.2 Å². The van der Waals surface area contributed by atoms with Gasteiger partial charge in [0, 0.05) is 14.7 Å². The molecule has 0 unspecified atom stereocenters. The molecule has 7 heteroatoms. The Hall–Kier alpha value is -3.62. The largest absolute Gasteiger partial charge is 0.490 e. The predicted octanol–water partition coefficient (Wildman–Crippen LogP) is 7.93. The standard InChI is InChI=1S/C31H23ClINO4/c1-2-36-28-18-20(16-25(32)29(28)37-19-24-10-6-7-11-26(24)33)17-27-31(35)38-30(34-27)23-14-12-22(13-15-23)21-8-4-3-5-9-21/h3-18H,2,19H2,1H3/b27-17-. The van der Waals surface area contributed by atoms with E-state index in [2.05, 4.69) is 27.6 Å². The molecule has 5 nitrogen and oxygen atoms in total. The smallest absolute Gasteiger partial charge is 0.363 e. The second-order valence-corrected chi connectivity index (χ2v) is 9.99. The zero-order valence-corrected chi connectivity index (χ0v) is 23.4. The minimum atomic E-state index is -0.528. The molecule has 4 aromatic carbocycles. The van der Waals surface area contributed by atoms with Crippen LogP contribution in [0.1, 0.15) is 23.6 Å². The van der Waals surface area contributed by atoms with E-state index < -0.39 is 5.97 Å². The molecule has 1 aliphatic heterocycles. The van der Waals surface area contributed by atoms with Crippen molar-refractivity contribution >= 4 is 52.1 Å². The molecule has 4 aromatic rings. The highest BCUT2D eigenvalue weighted by atomic mass is 127. The maximum atomic E-state index is 12.6. The number of esters is 1. The Morgan fingerprint density at radius 3 is 2.32 bits per heavy atom. The lowest BCUT2D eigenvalue weighted by Gasteiger charge is -2.15. The molecule has 0 fully saturated rings. The van der Waals surface area contributed by atoms with E-state index in [1.165, 1.54) is 0 Å². The summed E-state index contributed by atoms with van der Waals surface area (Å²) in [4.78, 5) is 17.1. The normalized spacial score (nSPS) is 13.8. The molecular formula is C31H23ClINO4. The van der Waals surface area contributed by atoms with E-state index in [-0.39, 0.29) is 11.6 Å². The summed E-state index contributed by atoms with van der Waals surface area (Å²) >= 11 is 8.87. The molecule has 0 saturated heterocycles. The van der Waals surface area contributed by atoms with Crippen molar-refractivity contribution in [1.29, 1.82) is 0 Å². The monoisotopic (exact) mass is 635 g/mol. The quantitative estimate of drug-likeness (QED) is 0.112. The fraction of sp³-hybridized carbons (Fsp3) is 0.0968. The van der Waals surface area contributed by atoms with Crippen molar-refractivity contribution < 1.29 is 19.0 Å². The lowest BCUT2D eigenvalue weighted by molar-refractivity contribution is -0.129. The van der Waals surface area contributed by atoms with Crippen LogP contribution in [0.2, 0.25) is 5.02 Å². The van der Waals surface area contributed by atoms with Crippen LogP contribution in [0.3, 0.4) is 0 Å². The first-order chi connectivity index (χ1) is 18.5. The molecule has 0 amide bonds. The predicted molar refractivity (Wildman–Crippen MR) is 159 cm³/mol. The van der Waals surface area contributed by atoms with E-state index >= 15 is 0 Å². The van der Waals surface area contributed by atoms with Gasteiger partial charge in [-0.05, 0) is 82.6 Å². The summed E-state index contributed by atoms with van der Waals surface area (Å²) in [5, 5.41) is 0.376. The molecule has 0 spiro atoms. The zero-order valence-electron chi connectivity index (χ0n) is 20.5. The SMILES string of the molecule is CCOc1cc(/C=C2\N=C(c3ccc(-c4ccccc4)cc3)OC2=O)cc(Cl)c1OCc1ccccc1I. The van der Waals surface area contributed by atoms with Crippen molar-refractivity contribution in [2.75, 3.05) is 6.61 Å². The third-order valence-electron chi connectivity index (χ3n) is 5.82. The number of nitrogens with zero attached hydrogens (tertiary/aromatic N) is 1. The lowest BCUT2D eigenvalue weighted by atomic mass is 10.0. The lowest BCUT2D eigenvalue weighted by Crippen LogP contribution is -2.05. The average Bonchev–Trinajstić information content (AvgIpc) is 3.29. The van der Waals surface area contributed by atoms with Crippen LogP contribution >= 0.6 is 34.2 Å². The van der Waals surface area contributed by atoms with Crippen LogP contribution in [0.15, 0.2) is 102 Å². The van der Waals surface area contributed by atoms with Crippen LogP contribution in [0, 0.1) is 3.57 Å². The molecule has 0 atom stereocenters. The van der Waals surface area contributed by atoms with E-state index in [1.807, 2.05) is 85.8 Å². The number of rotatable bonds is 8. The van der Waals surface area contributed by atoms with Crippen LogP contribution in [0.5, 0.6) is 11.5 Å². The van der Waals surface area contributed by atoms with Gasteiger partial charge in [0.1, 0.15) is 6.61 Å². The highest BCUT2D eigenvalue weighted by molar-refractivity contribution is 14.1. The number of hydrogen-bond acceptors (Lipinski definition) is 5. The Balaban J connectivity index is 1.38. The fourth-order valence-electron chi connectivity index (χ4n) is 3.97. The van der Waals surface area contributed by atoms with Crippen molar-refractivity contribution in [2.45, 2.75) is 13.5 Å². The first-order valence-corrected chi connectivity index (χ1v) is 13.5. The van der Waals surface area contributed by atoms with Crippen molar-refractivity contribution in [3.8, 4) is 22.6 Å². The molecule has 5 rings (SSSR count). The summed E-state index contributed by atoms with van der Waals surface area (Å²) in [5.74, 6) is 0.673. The highest BCUT2D eigenvalue weighted by Gasteiger charge is 2.25. The van der Waals surface area contributed by atoms with Crippen LogP contribution < -0.4 is 9.47 Å². The van der Waals surface area contributed by atoms with Crippen molar-refractivity contribution in [3.05, 3.63) is 122 Å². The number of ether oxygens (including phenoxy) is 3. The highest BCUT2D eigenvalue weighted by Crippen LogP contribution is 2.38. The van der Waals surface area contributed by atoms with Gasteiger partial charge in [0.15, 0.2) is 17.2 Å². The van der Waals surface area contributed by atoms with Crippen molar-refractivity contribution in [3.63, 3.8) is 0 Å². The molecule has 0 aromatic heterocycles. The van der Waals surface area contributed by atoms with E-state index in [4.69, 9.17) is 25.8 Å².